The molecule has 1 amide bonds. The van der Waals surface area contributed by atoms with E-state index >= 15 is 0 Å². The lowest BCUT2D eigenvalue weighted by Crippen LogP contribution is -2.29. The Bertz CT molecular complexity index is 658. The van der Waals surface area contributed by atoms with Crippen LogP contribution in [0.15, 0.2) is 28.2 Å². The van der Waals surface area contributed by atoms with Gasteiger partial charge in [0.15, 0.2) is 0 Å². The van der Waals surface area contributed by atoms with E-state index in [1.165, 1.54) is 11.1 Å². The molecule has 5 nitrogen and oxygen atoms in total. The second-order valence-electron chi connectivity index (χ2n) is 4.64. The monoisotopic (exact) mass is 291 g/mol. The van der Waals surface area contributed by atoms with Gasteiger partial charge in [0.2, 0.25) is 11.7 Å². The highest BCUT2D eigenvalue weighted by molar-refractivity contribution is 7.10. The summed E-state index contributed by atoms with van der Waals surface area (Å²) in [6.45, 7) is 0.237. The number of thiophene rings is 1. The van der Waals surface area contributed by atoms with E-state index in [2.05, 4.69) is 0 Å². The zero-order valence-electron chi connectivity index (χ0n) is 10.7. The number of anilines is 1. The molecular weight excluding hydrogens is 278 g/mol. The van der Waals surface area contributed by atoms with Crippen molar-refractivity contribution in [2.45, 2.75) is 25.8 Å². The molecule has 0 bridgehead atoms. The first kappa shape index (κ1) is 12.9. The zero-order valence-corrected chi connectivity index (χ0v) is 11.5. The molecule has 0 aliphatic carbocycles. The number of furan rings is 1. The lowest BCUT2D eigenvalue weighted by molar-refractivity contribution is -0.118. The predicted molar refractivity (Wildman–Crippen MR) is 74.1 cm³/mol. The maximum absolute atomic E-state index is 12.2. The van der Waals surface area contributed by atoms with Gasteiger partial charge in [-0.2, -0.15) is 0 Å². The predicted octanol–water partition coefficient (Wildman–Crippen LogP) is 2.91. The highest BCUT2D eigenvalue weighted by atomic mass is 32.1. The Morgan fingerprint density at radius 2 is 2.25 bits per heavy atom. The van der Waals surface area contributed by atoms with Crippen LogP contribution < -0.4 is 4.90 Å². The molecular formula is C14H13NO4S. The molecule has 0 atom stereocenters. The van der Waals surface area contributed by atoms with Crippen molar-refractivity contribution >= 4 is 28.9 Å². The van der Waals surface area contributed by atoms with E-state index in [1.807, 2.05) is 11.4 Å². The summed E-state index contributed by atoms with van der Waals surface area (Å²) < 4.78 is 4.97. The maximum Gasteiger partial charge on any atom is 0.372 e. The minimum absolute atomic E-state index is 0.0275. The number of nitrogens with zero attached hydrogens (tertiary/aromatic N) is 1. The molecule has 2 aromatic heterocycles. The molecule has 20 heavy (non-hydrogen) atoms. The number of fused-ring (bicyclic) bond motifs is 1. The first-order valence-electron chi connectivity index (χ1n) is 6.33. The van der Waals surface area contributed by atoms with Gasteiger partial charge in [-0.3, -0.25) is 4.79 Å². The Hall–Kier alpha value is -2.08. The van der Waals surface area contributed by atoms with Gasteiger partial charge in [-0.15, -0.1) is 11.3 Å². The minimum Gasteiger partial charge on any atom is -0.475 e. The van der Waals surface area contributed by atoms with Crippen LogP contribution in [0.4, 0.5) is 5.69 Å². The molecule has 0 spiro atoms. The molecule has 2 aromatic rings. The summed E-state index contributed by atoms with van der Waals surface area (Å²) in [5.41, 5.74) is 1.42. The van der Waals surface area contributed by atoms with Crippen molar-refractivity contribution in [2.75, 3.05) is 4.90 Å². The van der Waals surface area contributed by atoms with Gasteiger partial charge in [0.1, 0.15) is 0 Å². The van der Waals surface area contributed by atoms with Crippen molar-refractivity contribution in [2.24, 2.45) is 0 Å². The van der Waals surface area contributed by atoms with Crippen molar-refractivity contribution < 1.29 is 19.1 Å². The van der Waals surface area contributed by atoms with Crippen molar-refractivity contribution in [3.63, 3.8) is 0 Å². The third kappa shape index (κ3) is 2.22. The van der Waals surface area contributed by atoms with Crippen LogP contribution in [0.2, 0.25) is 0 Å². The number of carboxylic acids is 1. The van der Waals surface area contributed by atoms with Gasteiger partial charge in [-0.1, -0.05) is 0 Å². The Balaban J connectivity index is 1.95. The van der Waals surface area contributed by atoms with E-state index in [0.29, 0.717) is 12.0 Å². The quantitative estimate of drug-likeness (QED) is 0.944. The fourth-order valence-corrected chi connectivity index (χ4v) is 3.34. The number of hydrogen-bond acceptors (Lipinski definition) is 4. The molecule has 6 heteroatoms. The number of aromatic carboxylic acids is 1. The molecule has 0 radical (unpaired) electrons. The van der Waals surface area contributed by atoms with Crippen molar-refractivity contribution in [3.8, 4) is 0 Å². The van der Waals surface area contributed by atoms with Gasteiger partial charge >= 0.3 is 5.97 Å². The minimum atomic E-state index is -1.11. The molecule has 0 fully saturated rings. The molecule has 0 saturated carbocycles. The average Bonchev–Trinajstić information content (AvgIpc) is 3.01. The van der Waals surface area contributed by atoms with Crippen LogP contribution in [0.5, 0.6) is 0 Å². The number of carbonyl (C=O) groups is 2. The first-order valence-corrected chi connectivity index (χ1v) is 7.21. The van der Waals surface area contributed by atoms with Crippen LogP contribution in [-0.4, -0.2) is 17.0 Å². The van der Waals surface area contributed by atoms with Crippen molar-refractivity contribution in [3.05, 3.63) is 40.0 Å². The van der Waals surface area contributed by atoms with Crippen LogP contribution in [0.3, 0.4) is 0 Å². The second-order valence-corrected chi connectivity index (χ2v) is 5.64. The number of amides is 1. The van der Waals surface area contributed by atoms with Crippen molar-refractivity contribution in [1.29, 1.82) is 0 Å². The molecule has 3 heterocycles. The summed E-state index contributed by atoms with van der Waals surface area (Å²) in [7, 11) is 0. The molecule has 0 aromatic carbocycles. The van der Waals surface area contributed by atoms with E-state index in [9.17, 15) is 9.59 Å². The average molecular weight is 291 g/mol. The summed E-state index contributed by atoms with van der Waals surface area (Å²) in [6.07, 6.45) is 3.56. The lowest BCUT2D eigenvalue weighted by Gasteiger charge is -2.20. The van der Waals surface area contributed by atoms with Crippen molar-refractivity contribution in [1.82, 2.24) is 0 Å². The van der Waals surface area contributed by atoms with Crippen LogP contribution >= 0.6 is 11.3 Å². The highest BCUT2D eigenvalue weighted by Crippen LogP contribution is 2.33. The van der Waals surface area contributed by atoms with E-state index in [1.54, 1.807) is 22.3 Å². The highest BCUT2D eigenvalue weighted by Gasteiger charge is 2.25. The van der Waals surface area contributed by atoms with E-state index in [0.717, 1.165) is 18.5 Å². The van der Waals surface area contributed by atoms with Gasteiger partial charge in [0.05, 0.1) is 18.5 Å². The number of carbonyl (C=O) groups excluding carboxylic acids is 1. The molecule has 1 aliphatic rings. The molecule has 104 valence electrons. The zero-order chi connectivity index (χ0) is 14.1. The van der Waals surface area contributed by atoms with E-state index in [-0.39, 0.29) is 18.2 Å². The van der Waals surface area contributed by atoms with Gasteiger partial charge in [0.25, 0.3) is 0 Å². The standard InChI is InChI=1S/C14H13NO4S/c16-12-3-1-2-11-10(5-7-20-11)15(12)8-9-4-6-19-13(9)14(17)18/h4-7H,1-3,8H2,(H,17,18). The normalized spacial score (nSPS) is 15.0. The van der Waals surface area contributed by atoms with Gasteiger partial charge in [0, 0.05) is 16.9 Å². The molecule has 0 saturated heterocycles. The van der Waals surface area contributed by atoms with Crippen LogP contribution in [-0.2, 0) is 17.8 Å². The first-order chi connectivity index (χ1) is 9.66. The fraction of sp³-hybridized carbons (Fsp3) is 0.286. The second kappa shape index (κ2) is 5.13. The topological polar surface area (TPSA) is 70.8 Å². The number of aryl methyl sites for hydroxylation is 1. The molecule has 3 rings (SSSR count). The third-order valence-corrected chi connectivity index (χ3v) is 4.35. The maximum atomic E-state index is 12.2. The van der Waals surface area contributed by atoms with Gasteiger partial charge in [-0.25, -0.2) is 4.79 Å². The molecule has 1 aliphatic heterocycles. The smallest absolute Gasteiger partial charge is 0.372 e. The van der Waals surface area contributed by atoms with Gasteiger partial charge < -0.3 is 14.4 Å². The van der Waals surface area contributed by atoms with Crippen LogP contribution in [0.1, 0.15) is 33.8 Å². The summed E-state index contributed by atoms with van der Waals surface area (Å²) in [5.74, 6) is -1.18. The molecule has 0 unspecified atom stereocenters. The Morgan fingerprint density at radius 3 is 3.05 bits per heavy atom. The van der Waals surface area contributed by atoms with Gasteiger partial charge in [-0.05, 0) is 30.4 Å². The Morgan fingerprint density at radius 1 is 1.40 bits per heavy atom. The summed E-state index contributed by atoms with van der Waals surface area (Å²) in [5, 5.41) is 11.0. The number of rotatable bonds is 3. The Labute approximate surface area is 119 Å². The third-order valence-electron chi connectivity index (χ3n) is 3.38. The largest absolute Gasteiger partial charge is 0.475 e. The SMILES string of the molecule is O=C(O)c1occc1CN1C(=O)CCCc2sccc21. The Kier molecular flexibility index (Phi) is 3.31. The summed E-state index contributed by atoms with van der Waals surface area (Å²) in [6, 6.07) is 3.53. The number of hydrogen-bond donors (Lipinski definition) is 1. The summed E-state index contributed by atoms with van der Waals surface area (Å²) >= 11 is 1.63. The molecule has 1 N–H and O–H groups in total. The fourth-order valence-electron chi connectivity index (χ4n) is 2.42. The van der Waals surface area contributed by atoms with Crippen LogP contribution in [0.25, 0.3) is 0 Å². The summed E-state index contributed by atoms with van der Waals surface area (Å²) in [4.78, 5) is 26.1. The van der Waals surface area contributed by atoms with Crippen LogP contribution in [0, 0.1) is 0 Å². The van der Waals surface area contributed by atoms with E-state index in [4.69, 9.17) is 9.52 Å². The lowest BCUT2D eigenvalue weighted by atomic mass is 10.2. The van der Waals surface area contributed by atoms with E-state index < -0.39 is 5.97 Å². The number of carboxylic acid groups (broad SMARTS) is 1.